The topological polar surface area (TPSA) is 72.9 Å². The molecule has 0 fully saturated rings. The van der Waals surface area contributed by atoms with Gasteiger partial charge < -0.3 is 11.1 Å². The van der Waals surface area contributed by atoms with E-state index in [1.165, 1.54) is 5.56 Å². The first-order valence-corrected chi connectivity index (χ1v) is 7.77. The average Bonchev–Trinajstić information content (AvgIpc) is 3.01. The maximum absolute atomic E-state index is 12.5. The summed E-state index contributed by atoms with van der Waals surface area (Å²) < 4.78 is 1.65. The fraction of sp³-hybridized carbons (Fsp3) is 0.412. The predicted octanol–water partition coefficient (Wildman–Crippen LogP) is 2.15. The molecule has 1 aromatic heterocycles. The summed E-state index contributed by atoms with van der Waals surface area (Å²) >= 11 is 0. The fourth-order valence-electron chi connectivity index (χ4n) is 3.13. The third kappa shape index (κ3) is 3.41. The molecule has 2 atom stereocenters. The standard InChI is InChI=1S/C17H22N4O.ClH/c1-3-6-12-10-15(21(2)20-12)17(22)19-14-9-11-7-4-5-8-13(11)16(14)18;/h4-5,7-8,10,14,16H,3,6,9,18H2,1-2H3,(H,19,22);1H/t14-,16-;/m0./s1. The van der Waals surface area contributed by atoms with E-state index in [1.807, 2.05) is 24.3 Å². The molecule has 1 aromatic carbocycles. The van der Waals surface area contributed by atoms with Crippen molar-refractivity contribution in [3.63, 3.8) is 0 Å². The van der Waals surface area contributed by atoms with Crippen LogP contribution < -0.4 is 11.1 Å². The van der Waals surface area contributed by atoms with E-state index < -0.39 is 0 Å². The third-order valence-electron chi connectivity index (χ3n) is 4.27. The zero-order valence-corrected chi connectivity index (χ0v) is 14.3. The van der Waals surface area contributed by atoms with Crippen molar-refractivity contribution in [3.05, 3.63) is 52.8 Å². The molecule has 6 heteroatoms. The molecule has 0 spiro atoms. The predicted molar refractivity (Wildman–Crippen MR) is 92.8 cm³/mol. The van der Waals surface area contributed by atoms with E-state index in [2.05, 4.69) is 23.4 Å². The van der Waals surface area contributed by atoms with Crippen LogP contribution in [0.3, 0.4) is 0 Å². The van der Waals surface area contributed by atoms with E-state index >= 15 is 0 Å². The second kappa shape index (κ2) is 7.15. The Balaban J connectivity index is 0.00000192. The molecule has 3 rings (SSSR count). The molecule has 1 amide bonds. The van der Waals surface area contributed by atoms with Gasteiger partial charge >= 0.3 is 0 Å². The van der Waals surface area contributed by atoms with Gasteiger partial charge in [-0.05, 0) is 30.0 Å². The molecule has 1 aliphatic rings. The summed E-state index contributed by atoms with van der Waals surface area (Å²) in [5, 5.41) is 7.44. The highest BCUT2D eigenvalue weighted by atomic mass is 35.5. The molecule has 0 radical (unpaired) electrons. The molecule has 124 valence electrons. The number of amides is 1. The van der Waals surface area contributed by atoms with E-state index in [9.17, 15) is 4.79 Å². The van der Waals surface area contributed by atoms with Gasteiger partial charge in [0.1, 0.15) is 5.69 Å². The van der Waals surface area contributed by atoms with Gasteiger partial charge in [0, 0.05) is 7.05 Å². The van der Waals surface area contributed by atoms with Gasteiger partial charge in [-0.25, -0.2) is 0 Å². The molecule has 1 heterocycles. The highest BCUT2D eigenvalue weighted by molar-refractivity contribution is 5.93. The lowest BCUT2D eigenvalue weighted by Crippen LogP contribution is -2.41. The third-order valence-corrected chi connectivity index (χ3v) is 4.27. The molecule has 2 aromatic rings. The second-order valence-corrected chi connectivity index (χ2v) is 5.90. The van der Waals surface area contributed by atoms with Gasteiger partial charge in [0.15, 0.2) is 0 Å². The zero-order valence-electron chi connectivity index (χ0n) is 13.5. The molecular weight excluding hydrogens is 312 g/mol. The lowest BCUT2D eigenvalue weighted by Gasteiger charge is -2.17. The van der Waals surface area contributed by atoms with E-state index in [0.29, 0.717) is 5.69 Å². The smallest absolute Gasteiger partial charge is 0.269 e. The van der Waals surface area contributed by atoms with Crippen molar-refractivity contribution < 1.29 is 4.79 Å². The second-order valence-electron chi connectivity index (χ2n) is 5.90. The van der Waals surface area contributed by atoms with Crippen LogP contribution in [0.25, 0.3) is 0 Å². The van der Waals surface area contributed by atoms with E-state index in [4.69, 9.17) is 5.73 Å². The number of hydrogen-bond acceptors (Lipinski definition) is 3. The molecule has 0 saturated heterocycles. The van der Waals surface area contributed by atoms with Crippen molar-refractivity contribution in [1.82, 2.24) is 15.1 Å². The van der Waals surface area contributed by atoms with Gasteiger partial charge in [-0.15, -0.1) is 12.4 Å². The van der Waals surface area contributed by atoms with Crippen LogP contribution in [-0.4, -0.2) is 21.7 Å². The van der Waals surface area contributed by atoms with Crippen molar-refractivity contribution in [1.29, 1.82) is 0 Å². The molecule has 1 aliphatic carbocycles. The van der Waals surface area contributed by atoms with Crippen LogP contribution in [0, 0.1) is 0 Å². The minimum Gasteiger partial charge on any atom is -0.346 e. The van der Waals surface area contributed by atoms with Crippen LogP contribution in [0.5, 0.6) is 0 Å². The summed E-state index contributed by atoms with van der Waals surface area (Å²) in [7, 11) is 1.80. The maximum atomic E-state index is 12.5. The van der Waals surface area contributed by atoms with Crippen molar-refractivity contribution in [2.24, 2.45) is 12.8 Å². The van der Waals surface area contributed by atoms with Crippen LogP contribution in [0.1, 0.15) is 46.7 Å². The molecule has 0 saturated carbocycles. The normalized spacial score (nSPS) is 19.1. The summed E-state index contributed by atoms with van der Waals surface area (Å²) in [5.74, 6) is -0.106. The van der Waals surface area contributed by atoms with Crippen LogP contribution in [-0.2, 0) is 19.9 Å². The minimum atomic E-state index is -0.150. The van der Waals surface area contributed by atoms with Crippen molar-refractivity contribution in [2.75, 3.05) is 0 Å². The van der Waals surface area contributed by atoms with Gasteiger partial charge in [0.05, 0.1) is 17.8 Å². The number of nitrogens with one attached hydrogen (secondary N) is 1. The molecule has 0 unspecified atom stereocenters. The molecule has 0 bridgehead atoms. The Morgan fingerprint density at radius 3 is 2.87 bits per heavy atom. The Hall–Kier alpha value is -1.85. The highest BCUT2D eigenvalue weighted by Gasteiger charge is 2.31. The van der Waals surface area contributed by atoms with Crippen LogP contribution in [0.15, 0.2) is 30.3 Å². The van der Waals surface area contributed by atoms with E-state index in [0.717, 1.165) is 30.5 Å². The summed E-state index contributed by atoms with van der Waals surface area (Å²) in [6.07, 6.45) is 2.68. The van der Waals surface area contributed by atoms with E-state index in [1.54, 1.807) is 11.7 Å². The number of halogens is 1. The largest absolute Gasteiger partial charge is 0.346 e. The number of hydrogen-bond donors (Lipinski definition) is 2. The molecular formula is C17H23ClN4O. The number of aromatic nitrogens is 2. The Labute approximate surface area is 142 Å². The van der Waals surface area contributed by atoms with Gasteiger partial charge in [0.25, 0.3) is 5.91 Å². The summed E-state index contributed by atoms with van der Waals surface area (Å²) in [6.45, 7) is 2.10. The number of carbonyl (C=O) groups is 1. The van der Waals surface area contributed by atoms with Crippen LogP contribution in [0.4, 0.5) is 0 Å². The monoisotopic (exact) mass is 334 g/mol. The van der Waals surface area contributed by atoms with Gasteiger partial charge in [-0.3, -0.25) is 9.48 Å². The number of nitrogens with zero attached hydrogens (tertiary/aromatic N) is 2. The van der Waals surface area contributed by atoms with Gasteiger partial charge in [-0.1, -0.05) is 37.6 Å². The Morgan fingerprint density at radius 2 is 2.17 bits per heavy atom. The lowest BCUT2D eigenvalue weighted by atomic mass is 10.1. The first-order valence-electron chi connectivity index (χ1n) is 7.77. The SMILES string of the molecule is CCCc1cc(C(=O)N[C@H]2Cc3ccccc3[C@@H]2N)n(C)n1.Cl. The summed E-state index contributed by atoms with van der Waals surface area (Å²) in [6, 6.07) is 9.76. The van der Waals surface area contributed by atoms with Crippen molar-refractivity contribution >= 4 is 18.3 Å². The number of fused-ring (bicyclic) bond motifs is 1. The molecule has 23 heavy (non-hydrogen) atoms. The number of benzene rings is 1. The Morgan fingerprint density at radius 1 is 1.43 bits per heavy atom. The zero-order chi connectivity index (χ0) is 15.7. The Kier molecular flexibility index (Phi) is 5.44. The lowest BCUT2D eigenvalue weighted by molar-refractivity contribution is 0.0924. The number of nitrogens with two attached hydrogens (primary N) is 1. The first kappa shape index (κ1) is 17.5. The van der Waals surface area contributed by atoms with Crippen LogP contribution in [0.2, 0.25) is 0 Å². The summed E-state index contributed by atoms with van der Waals surface area (Å²) in [4.78, 5) is 12.5. The van der Waals surface area contributed by atoms with E-state index in [-0.39, 0.29) is 30.4 Å². The number of carbonyl (C=O) groups excluding carboxylic acids is 1. The number of aryl methyl sites for hydroxylation is 2. The van der Waals surface area contributed by atoms with Crippen molar-refractivity contribution in [2.45, 2.75) is 38.3 Å². The molecule has 5 nitrogen and oxygen atoms in total. The fourth-order valence-corrected chi connectivity index (χ4v) is 3.13. The quantitative estimate of drug-likeness (QED) is 0.899. The average molecular weight is 335 g/mol. The highest BCUT2D eigenvalue weighted by Crippen LogP contribution is 2.29. The van der Waals surface area contributed by atoms with Crippen molar-refractivity contribution in [3.8, 4) is 0 Å². The van der Waals surface area contributed by atoms with Gasteiger partial charge in [0.2, 0.25) is 0 Å². The molecule has 0 aliphatic heterocycles. The molecule has 3 N–H and O–H groups in total. The minimum absolute atomic E-state index is 0. The summed E-state index contributed by atoms with van der Waals surface area (Å²) in [5.41, 5.74) is 10.2. The first-order chi connectivity index (χ1) is 10.6. The Bertz CT molecular complexity index is 698. The van der Waals surface area contributed by atoms with Crippen LogP contribution >= 0.6 is 12.4 Å². The van der Waals surface area contributed by atoms with Gasteiger partial charge in [-0.2, -0.15) is 5.10 Å². The maximum Gasteiger partial charge on any atom is 0.269 e. The number of rotatable bonds is 4.